The Morgan fingerprint density at radius 2 is 1.56 bits per heavy atom. The number of nitrogens with one attached hydrogen (secondary N) is 1. The smallest absolute Gasteiger partial charge is 0.00104 e. The van der Waals surface area contributed by atoms with Gasteiger partial charge >= 0.3 is 0 Å². The predicted molar refractivity (Wildman–Crippen MR) is 73.5 cm³/mol. The van der Waals surface area contributed by atoms with Crippen LogP contribution in [0.25, 0.3) is 0 Å². The van der Waals surface area contributed by atoms with Crippen molar-refractivity contribution in [1.82, 2.24) is 5.32 Å². The van der Waals surface area contributed by atoms with Crippen molar-refractivity contribution in [3.05, 3.63) is 0 Å². The summed E-state index contributed by atoms with van der Waals surface area (Å²) in [7, 11) is 0. The zero-order chi connectivity index (χ0) is 12.6. The number of hydrogen-bond donors (Lipinski definition) is 2. The van der Waals surface area contributed by atoms with Crippen molar-refractivity contribution >= 4 is 0 Å². The van der Waals surface area contributed by atoms with Crippen molar-refractivity contribution in [2.45, 2.75) is 59.9 Å². The second-order valence-electron chi connectivity index (χ2n) is 5.89. The Hall–Kier alpha value is -0.0800. The van der Waals surface area contributed by atoms with E-state index < -0.39 is 0 Å². The summed E-state index contributed by atoms with van der Waals surface area (Å²) in [4.78, 5) is 0. The van der Waals surface area contributed by atoms with Gasteiger partial charge in [0.2, 0.25) is 0 Å². The van der Waals surface area contributed by atoms with Crippen LogP contribution in [0.1, 0.15) is 53.9 Å². The van der Waals surface area contributed by atoms with Crippen LogP contribution in [0.15, 0.2) is 0 Å². The maximum atomic E-state index is 5.74. The quantitative estimate of drug-likeness (QED) is 0.636. The van der Waals surface area contributed by atoms with E-state index in [-0.39, 0.29) is 0 Å². The van der Waals surface area contributed by atoms with Crippen LogP contribution < -0.4 is 11.1 Å². The first-order valence-electron chi connectivity index (χ1n) is 6.89. The summed E-state index contributed by atoms with van der Waals surface area (Å²) in [6.07, 6.45) is 3.72. The van der Waals surface area contributed by atoms with Gasteiger partial charge < -0.3 is 11.1 Å². The second-order valence-corrected chi connectivity index (χ2v) is 5.89. The van der Waals surface area contributed by atoms with Gasteiger partial charge in [-0.15, -0.1) is 0 Å². The van der Waals surface area contributed by atoms with Gasteiger partial charge in [-0.05, 0) is 50.6 Å². The molecular weight excluding hydrogens is 196 g/mol. The summed E-state index contributed by atoms with van der Waals surface area (Å²) < 4.78 is 0. The number of rotatable bonds is 9. The molecule has 2 nitrogen and oxygen atoms in total. The zero-order valence-corrected chi connectivity index (χ0v) is 11.9. The summed E-state index contributed by atoms with van der Waals surface area (Å²) in [6.45, 7) is 13.6. The number of nitrogens with two attached hydrogens (primary N) is 1. The average Bonchev–Trinajstić information content (AvgIpc) is 2.16. The van der Waals surface area contributed by atoms with E-state index in [1.807, 2.05) is 0 Å². The lowest BCUT2D eigenvalue weighted by atomic mass is 9.97. The van der Waals surface area contributed by atoms with Gasteiger partial charge in [-0.25, -0.2) is 0 Å². The fourth-order valence-electron chi connectivity index (χ4n) is 1.68. The highest BCUT2D eigenvalue weighted by Gasteiger charge is 2.07. The van der Waals surface area contributed by atoms with Crippen LogP contribution >= 0.6 is 0 Å². The third kappa shape index (κ3) is 9.17. The van der Waals surface area contributed by atoms with E-state index in [1.165, 1.54) is 12.8 Å². The Labute approximate surface area is 102 Å². The lowest BCUT2D eigenvalue weighted by Gasteiger charge is -2.18. The van der Waals surface area contributed by atoms with E-state index >= 15 is 0 Å². The third-order valence-corrected chi connectivity index (χ3v) is 3.45. The largest absolute Gasteiger partial charge is 0.328 e. The van der Waals surface area contributed by atoms with Gasteiger partial charge in [0.25, 0.3) is 0 Å². The Morgan fingerprint density at radius 1 is 0.938 bits per heavy atom. The third-order valence-electron chi connectivity index (χ3n) is 3.45. The molecule has 0 heterocycles. The van der Waals surface area contributed by atoms with Crippen LogP contribution in [0, 0.1) is 17.8 Å². The molecule has 0 saturated heterocycles. The fourth-order valence-corrected chi connectivity index (χ4v) is 1.68. The standard InChI is InChI=1S/C14H32N2/c1-11(2)13(4)10-16-9-12(3)7-6-8-14(5)15/h11-14,16H,6-10,15H2,1-5H3. The molecule has 0 aliphatic heterocycles. The molecule has 0 bridgehead atoms. The van der Waals surface area contributed by atoms with Gasteiger partial charge in [-0.2, -0.15) is 0 Å². The minimum absolute atomic E-state index is 0.362. The minimum atomic E-state index is 0.362. The molecule has 0 saturated carbocycles. The molecule has 0 fully saturated rings. The van der Waals surface area contributed by atoms with Crippen LogP contribution in [0.3, 0.4) is 0 Å². The van der Waals surface area contributed by atoms with Crippen molar-refractivity contribution in [2.75, 3.05) is 13.1 Å². The molecule has 0 aromatic heterocycles. The Morgan fingerprint density at radius 3 is 2.06 bits per heavy atom. The molecule has 0 spiro atoms. The summed E-state index contributed by atoms with van der Waals surface area (Å²) in [5, 5.41) is 3.57. The predicted octanol–water partition coefficient (Wildman–Crippen LogP) is 3.02. The van der Waals surface area contributed by atoms with Crippen LogP contribution in [0.4, 0.5) is 0 Å². The second kappa shape index (κ2) is 9.00. The first-order chi connectivity index (χ1) is 7.43. The van der Waals surface area contributed by atoms with E-state index in [0.717, 1.165) is 37.3 Å². The molecule has 2 heteroatoms. The SMILES string of the molecule is CC(N)CCCC(C)CNCC(C)C(C)C. The average molecular weight is 228 g/mol. The lowest BCUT2D eigenvalue weighted by Crippen LogP contribution is -2.28. The lowest BCUT2D eigenvalue weighted by molar-refractivity contribution is 0.369. The minimum Gasteiger partial charge on any atom is -0.328 e. The van der Waals surface area contributed by atoms with E-state index in [0.29, 0.717) is 6.04 Å². The molecule has 0 aliphatic rings. The molecule has 3 unspecified atom stereocenters. The van der Waals surface area contributed by atoms with Crippen molar-refractivity contribution in [3.63, 3.8) is 0 Å². The Kier molecular flexibility index (Phi) is 8.96. The van der Waals surface area contributed by atoms with Crippen LogP contribution in [-0.4, -0.2) is 19.1 Å². The molecule has 0 aromatic carbocycles. The van der Waals surface area contributed by atoms with Gasteiger partial charge in [0.15, 0.2) is 0 Å². The Bertz CT molecular complexity index is 155. The van der Waals surface area contributed by atoms with Crippen LogP contribution in [-0.2, 0) is 0 Å². The van der Waals surface area contributed by atoms with Crippen LogP contribution in [0.2, 0.25) is 0 Å². The first-order valence-corrected chi connectivity index (χ1v) is 6.89. The van der Waals surface area contributed by atoms with Gasteiger partial charge in [0, 0.05) is 6.04 Å². The van der Waals surface area contributed by atoms with Crippen LogP contribution in [0.5, 0.6) is 0 Å². The maximum Gasteiger partial charge on any atom is 0.00104 e. The van der Waals surface area contributed by atoms with E-state index in [1.54, 1.807) is 0 Å². The molecule has 3 N–H and O–H groups in total. The summed E-state index contributed by atoms with van der Waals surface area (Å²) >= 11 is 0. The zero-order valence-electron chi connectivity index (χ0n) is 11.9. The summed E-state index contributed by atoms with van der Waals surface area (Å²) in [6, 6.07) is 0.362. The van der Waals surface area contributed by atoms with E-state index in [9.17, 15) is 0 Å². The Balaban J connectivity index is 3.40. The molecule has 3 atom stereocenters. The molecule has 0 aromatic rings. The van der Waals surface area contributed by atoms with E-state index in [4.69, 9.17) is 5.73 Å². The normalized spacial score (nSPS) is 17.4. The molecule has 16 heavy (non-hydrogen) atoms. The highest BCUT2D eigenvalue weighted by atomic mass is 14.9. The molecular formula is C14H32N2. The fraction of sp³-hybridized carbons (Fsp3) is 1.00. The highest BCUT2D eigenvalue weighted by molar-refractivity contribution is 4.64. The van der Waals surface area contributed by atoms with Crippen molar-refractivity contribution < 1.29 is 0 Å². The molecule has 0 aliphatic carbocycles. The van der Waals surface area contributed by atoms with Crippen molar-refractivity contribution in [1.29, 1.82) is 0 Å². The first kappa shape index (κ1) is 15.9. The summed E-state index contributed by atoms with van der Waals surface area (Å²) in [5.74, 6) is 2.33. The van der Waals surface area contributed by atoms with Crippen molar-refractivity contribution in [3.8, 4) is 0 Å². The summed E-state index contributed by atoms with van der Waals surface area (Å²) in [5.41, 5.74) is 5.74. The maximum absolute atomic E-state index is 5.74. The highest BCUT2D eigenvalue weighted by Crippen LogP contribution is 2.10. The number of hydrogen-bond acceptors (Lipinski definition) is 2. The monoisotopic (exact) mass is 228 g/mol. The van der Waals surface area contributed by atoms with Gasteiger partial charge in [0.05, 0.1) is 0 Å². The molecule has 98 valence electrons. The van der Waals surface area contributed by atoms with Gasteiger partial charge in [-0.1, -0.05) is 34.1 Å². The molecule has 0 rings (SSSR count). The van der Waals surface area contributed by atoms with Gasteiger partial charge in [-0.3, -0.25) is 0 Å². The van der Waals surface area contributed by atoms with Gasteiger partial charge in [0.1, 0.15) is 0 Å². The molecule has 0 amide bonds. The van der Waals surface area contributed by atoms with Crippen molar-refractivity contribution in [2.24, 2.45) is 23.5 Å². The topological polar surface area (TPSA) is 38.0 Å². The molecule has 0 radical (unpaired) electrons. The van der Waals surface area contributed by atoms with E-state index in [2.05, 4.69) is 39.9 Å².